The number of hydrogen-bond acceptors (Lipinski definition) is 6. The average Bonchev–Trinajstić information content (AvgIpc) is 3.15. The quantitative estimate of drug-likeness (QED) is 0.428. The molecule has 0 radical (unpaired) electrons. The molecule has 1 unspecified atom stereocenters. The maximum atomic E-state index is 10.2. The van der Waals surface area contributed by atoms with Gasteiger partial charge in [0.25, 0.3) is 0 Å². The molecule has 130 valence electrons. The Morgan fingerprint density at radius 3 is 2.85 bits per heavy atom. The van der Waals surface area contributed by atoms with Gasteiger partial charge in [-0.2, -0.15) is 10.1 Å². The zero-order valence-electron chi connectivity index (χ0n) is 13.9. The van der Waals surface area contributed by atoms with Gasteiger partial charge in [0.2, 0.25) is 5.95 Å². The summed E-state index contributed by atoms with van der Waals surface area (Å²) in [5, 5.41) is 24.5. The smallest absolute Gasteiger partial charge is 0.229 e. The van der Waals surface area contributed by atoms with Crippen LogP contribution >= 0.6 is 0 Å². The van der Waals surface area contributed by atoms with Gasteiger partial charge in [-0.05, 0) is 29.8 Å². The van der Waals surface area contributed by atoms with Gasteiger partial charge in [-0.15, -0.1) is 0 Å². The van der Waals surface area contributed by atoms with Crippen LogP contribution in [0.5, 0.6) is 0 Å². The third-order valence-electron chi connectivity index (χ3n) is 4.01. The molecule has 0 spiro atoms. The van der Waals surface area contributed by atoms with E-state index in [1.807, 2.05) is 48.5 Å². The number of aliphatic hydroxyl groups is 1. The zero-order chi connectivity index (χ0) is 17.8. The molecule has 0 saturated carbocycles. The second kappa shape index (κ2) is 7.20. The highest BCUT2D eigenvalue weighted by atomic mass is 16.3. The molecular formula is C19H18N6O. The molecule has 0 amide bonds. The van der Waals surface area contributed by atoms with Gasteiger partial charge in [-0.3, -0.25) is 5.10 Å². The van der Waals surface area contributed by atoms with Crippen molar-refractivity contribution in [2.45, 2.75) is 6.10 Å². The van der Waals surface area contributed by atoms with Crippen molar-refractivity contribution in [2.24, 2.45) is 0 Å². The zero-order valence-corrected chi connectivity index (χ0v) is 13.9. The van der Waals surface area contributed by atoms with Gasteiger partial charge in [0.1, 0.15) is 5.82 Å². The second-order valence-electron chi connectivity index (χ2n) is 5.87. The van der Waals surface area contributed by atoms with Crippen LogP contribution in [0.15, 0.2) is 67.0 Å². The molecule has 0 fully saturated rings. The summed E-state index contributed by atoms with van der Waals surface area (Å²) < 4.78 is 0. The highest BCUT2D eigenvalue weighted by Gasteiger charge is 2.07. The Morgan fingerprint density at radius 2 is 1.96 bits per heavy atom. The summed E-state index contributed by atoms with van der Waals surface area (Å²) in [6, 6.07) is 17.2. The molecule has 4 aromatic rings. The Hall–Kier alpha value is -3.45. The summed E-state index contributed by atoms with van der Waals surface area (Å²) in [4.78, 5) is 8.67. The number of nitrogens with zero attached hydrogens (tertiary/aromatic N) is 3. The van der Waals surface area contributed by atoms with E-state index in [9.17, 15) is 5.11 Å². The van der Waals surface area contributed by atoms with Gasteiger partial charge < -0.3 is 15.7 Å². The summed E-state index contributed by atoms with van der Waals surface area (Å²) in [7, 11) is 0. The van der Waals surface area contributed by atoms with Crippen molar-refractivity contribution in [3.8, 4) is 0 Å². The molecule has 0 aliphatic rings. The van der Waals surface area contributed by atoms with Gasteiger partial charge in [0.05, 0.1) is 17.8 Å². The van der Waals surface area contributed by atoms with Crippen LogP contribution in [-0.4, -0.2) is 31.8 Å². The lowest BCUT2D eigenvalue weighted by Gasteiger charge is -2.13. The standard InChI is InChI=1S/C19H18N6O/c26-17(13-4-2-1-3-5-13)12-21-18-8-9-20-19(24-18)23-15-7-6-14-11-22-25-16(14)10-15/h1-11,17,26H,12H2,(H,22,25)(H2,20,21,23,24). The summed E-state index contributed by atoms with van der Waals surface area (Å²) in [6.45, 7) is 0.362. The van der Waals surface area contributed by atoms with Gasteiger partial charge in [0, 0.05) is 23.8 Å². The first-order chi connectivity index (χ1) is 12.8. The van der Waals surface area contributed by atoms with Crippen LogP contribution in [0.3, 0.4) is 0 Å². The van der Waals surface area contributed by atoms with Crippen molar-refractivity contribution in [3.05, 3.63) is 72.6 Å². The van der Waals surface area contributed by atoms with E-state index in [0.717, 1.165) is 22.2 Å². The first kappa shape index (κ1) is 16.0. The van der Waals surface area contributed by atoms with Crippen molar-refractivity contribution in [3.63, 3.8) is 0 Å². The van der Waals surface area contributed by atoms with Gasteiger partial charge in [-0.1, -0.05) is 30.3 Å². The van der Waals surface area contributed by atoms with Gasteiger partial charge >= 0.3 is 0 Å². The van der Waals surface area contributed by atoms with Gasteiger partial charge in [0.15, 0.2) is 0 Å². The molecule has 26 heavy (non-hydrogen) atoms. The van der Waals surface area contributed by atoms with Crippen LogP contribution in [0, 0.1) is 0 Å². The third kappa shape index (κ3) is 3.62. The molecule has 4 N–H and O–H groups in total. The minimum atomic E-state index is -0.606. The highest BCUT2D eigenvalue weighted by molar-refractivity contribution is 5.82. The molecule has 4 rings (SSSR count). The maximum Gasteiger partial charge on any atom is 0.229 e. The fourth-order valence-electron chi connectivity index (χ4n) is 2.66. The maximum absolute atomic E-state index is 10.2. The molecule has 7 nitrogen and oxygen atoms in total. The number of rotatable bonds is 6. The van der Waals surface area contributed by atoms with E-state index in [4.69, 9.17) is 0 Å². The van der Waals surface area contributed by atoms with E-state index in [-0.39, 0.29) is 0 Å². The van der Waals surface area contributed by atoms with E-state index in [0.29, 0.717) is 18.3 Å². The highest BCUT2D eigenvalue weighted by Crippen LogP contribution is 2.20. The van der Waals surface area contributed by atoms with E-state index < -0.39 is 6.10 Å². The number of aromatic amines is 1. The number of benzene rings is 2. The second-order valence-corrected chi connectivity index (χ2v) is 5.87. The van der Waals surface area contributed by atoms with Crippen molar-refractivity contribution in [1.82, 2.24) is 20.2 Å². The normalized spacial score (nSPS) is 12.0. The van der Waals surface area contributed by atoms with Crippen LogP contribution in [0.25, 0.3) is 10.9 Å². The number of aliphatic hydroxyl groups excluding tert-OH is 1. The SMILES string of the molecule is OC(CNc1ccnc(Nc2ccc3cn[nH]c3c2)n1)c1ccccc1. The van der Waals surface area contributed by atoms with Crippen molar-refractivity contribution in [1.29, 1.82) is 0 Å². The topological polar surface area (TPSA) is 98.7 Å². The molecule has 2 aromatic carbocycles. The molecule has 0 saturated heterocycles. The molecule has 1 atom stereocenters. The van der Waals surface area contributed by atoms with Crippen molar-refractivity contribution >= 4 is 28.4 Å². The molecule has 2 heterocycles. The first-order valence-corrected chi connectivity index (χ1v) is 8.28. The number of fused-ring (bicyclic) bond motifs is 1. The number of anilines is 3. The summed E-state index contributed by atoms with van der Waals surface area (Å²) in [6.07, 6.45) is 2.84. The first-order valence-electron chi connectivity index (χ1n) is 8.28. The van der Waals surface area contributed by atoms with Crippen molar-refractivity contribution in [2.75, 3.05) is 17.2 Å². The summed E-state index contributed by atoms with van der Waals surface area (Å²) >= 11 is 0. The third-order valence-corrected chi connectivity index (χ3v) is 4.01. The molecule has 0 bridgehead atoms. The number of nitrogens with one attached hydrogen (secondary N) is 3. The van der Waals surface area contributed by atoms with E-state index in [1.165, 1.54) is 0 Å². The Bertz CT molecular complexity index is 1000. The minimum absolute atomic E-state index is 0.362. The average molecular weight is 346 g/mol. The minimum Gasteiger partial charge on any atom is -0.387 e. The summed E-state index contributed by atoms with van der Waals surface area (Å²) in [5.74, 6) is 1.11. The predicted molar refractivity (Wildman–Crippen MR) is 101 cm³/mol. The Labute approximate surface area is 150 Å². The Kier molecular flexibility index (Phi) is 4.44. The summed E-state index contributed by atoms with van der Waals surface area (Å²) in [5.41, 5.74) is 2.67. The van der Waals surface area contributed by atoms with E-state index >= 15 is 0 Å². The molecule has 7 heteroatoms. The molecule has 2 aromatic heterocycles. The monoisotopic (exact) mass is 346 g/mol. The van der Waals surface area contributed by atoms with Crippen LogP contribution in [0.4, 0.5) is 17.5 Å². The number of H-pyrrole nitrogens is 1. The molecular weight excluding hydrogens is 328 g/mol. The molecule has 0 aliphatic carbocycles. The number of aromatic nitrogens is 4. The van der Waals surface area contributed by atoms with Crippen LogP contribution in [0.1, 0.15) is 11.7 Å². The van der Waals surface area contributed by atoms with Crippen LogP contribution < -0.4 is 10.6 Å². The lowest BCUT2D eigenvalue weighted by molar-refractivity contribution is 0.191. The molecule has 0 aliphatic heterocycles. The predicted octanol–water partition coefficient (Wildman–Crippen LogP) is 3.24. The fraction of sp³-hybridized carbons (Fsp3) is 0.105. The van der Waals surface area contributed by atoms with E-state index in [1.54, 1.807) is 18.5 Å². The largest absolute Gasteiger partial charge is 0.387 e. The van der Waals surface area contributed by atoms with Crippen LogP contribution in [0.2, 0.25) is 0 Å². The van der Waals surface area contributed by atoms with Crippen LogP contribution in [-0.2, 0) is 0 Å². The Balaban J connectivity index is 1.43. The van der Waals surface area contributed by atoms with Crippen molar-refractivity contribution < 1.29 is 5.11 Å². The van der Waals surface area contributed by atoms with Gasteiger partial charge in [-0.25, -0.2) is 4.98 Å². The van der Waals surface area contributed by atoms with E-state index in [2.05, 4.69) is 30.8 Å². The number of hydrogen-bond donors (Lipinski definition) is 4. The lowest BCUT2D eigenvalue weighted by atomic mass is 10.1. The fourth-order valence-corrected chi connectivity index (χ4v) is 2.66. The Morgan fingerprint density at radius 1 is 1.08 bits per heavy atom. The lowest BCUT2D eigenvalue weighted by Crippen LogP contribution is -2.13.